The van der Waals surface area contributed by atoms with E-state index in [1.807, 2.05) is 25.1 Å². The maximum absolute atomic E-state index is 13.6. The van der Waals surface area contributed by atoms with Crippen LogP contribution in [-0.2, 0) is 10.4 Å². The van der Waals surface area contributed by atoms with Gasteiger partial charge in [0.15, 0.2) is 23.4 Å². The fourth-order valence-corrected chi connectivity index (χ4v) is 2.46. The van der Waals surface area contributed by atoms with Gasteiger partial charge in [0.05, 0.1) is 12.2 Å². The first-order valence-corrected chi connectivity index (χ1v) is 8.98. The highest BCUT2D eigenvalue weighted by atomic mass is 127. The van der Waals surface area contributed by atoms with E-state index in [1.165, 1.54) is 0 Å². The molecule has 1 amide bonds. The minimum Gasteiger partial charge on any atom is -0.384 e. The number of nitrogens with one attached hydrogen (secondary N) is 3. The Bertz CT molecular complexity index is 880. The lowest BCUT2D eigenvalue weighted by molar-refractivity contribution is -0.114. The molecule has 30 heavy (non-hydrogen) atoms. The van der Waals surface area contributed by atoms with E-state index in [0.717, 1.165) is 6.07 Å². The predicted molar refractivity (Wildman–Crippen MR) is 120 cm³/mol. The van der Waals surface area contributed by atoms with Gasteiger partial charge in [-0.3, -0.25) is 4.79 Å². The predicted octanol–water partition coefficient (Wildman–Crippen LogP) is 3.12. The van der Waals surface area contributed by atoms with Gasteiger partial charge in [-0.2, -0.15) is 0 Å². The third kappa shape index (κ3) is 7.17. The van der Waals surface area contributed by atoms with Crippen molar-refractivity contribution in [1.82, 2.24) is 10.6 Å². The van der Waals surface area contributed by atoms with Gasteiger partial charge in [0.25, 0.3) is 0 Å². The molecule has 4 N–H and O–H groups in total. The average molecular weight is 536 g/mol. The summed E-state index contributed by atoms with van der Waals surface area (Å²) in [6.07, 6.45) is 0. The van der Waals surface area contributed by atoms with Gasteiger partial charge in [0.1, 0.15) is 12.1 Å². The standard InChI is InChI=1S/C20H23F3N4O2.HI/c1-3-24-19(26-12-20(2,29)13-7-5-4-6-8-13)25-11-16(28)27-15-10-9-14(21)17(22)18(15)23;/h4-10,29H,3,11-12H2,1-2H3,(H,27,28)(H2,24,25,26);1H. The van der Waals surface area contributed by atoms with Crippen LogP contribution in [0.4, 0.5) is 18.9 Å². The Morgan fingerprint density at radius 2 is 1.73 bits per heavy atom. The first-order chi connectivity index (χ1) is 13.7. The van der Waals surface area contributed by atoms with Gasteiger partial charge >= 0.3 is 0 Å². The molecule has 10 heteroatoms. The first-order valence-electron chi connectivity index (χ1n) is 8.98. The third-order valence-corrected chi connectivity index (χ3v) is 4.03. The van der Waals surface area contributed by atoms with Crippen molar-refractivity contribution in [2.45, 2.75) is 19.4 Å². The zero-order valence-electron chi connectivity index (χ0n) is 16.5. The number of hydrogen-bond acceptors (Lipinski definition) is 3. The number of hydrogen-bond donors (Lipinski definition) is 4. The normalized spacial score (nSPS) is 13.1. The molecule has 0 aliphatic rings. The van der Waals surface area contributed by atoms with Gasteiger partial charge in [-0.25, -0.2) is 18.2 Å². The van der Waals surface area contributed by atoms with E-state index in [9.17, 15) is 23.1 Å². The van der Waals surface area contributed by atoms with Gasteiger partial charge in [0.2, 0.25) is 5.91 Å². The second-order valence-corrected chi connectivity index (χ2v) is 6.46. The van der Waals surface area contributed by atoms with Crippen molar-refractivity contribution in [2.24, 2.45) is 4.99 Å². The summed E-state index contributed by atoms with van der Waals surface area (Å²) in [5.41, 5.74) is -0.960. The number of amides is 1. The summed E-state index contributed by atoms with van der Waals surface area (Å²) in [5.74, 6) is -4.95. The molecule has 2 aromatic rings. The maximum Gasteiger partial charge on any atom is 0.246 e. The number of aliphatic imine (C=N–C) groups is 1. The maximum atomic E-state index is 13.6. The molecular weight excluding hydrogens is 512 g/mol. The molecule has 6 nitrogen and oxygen atoms in total. The number of nitrogens with zero attached hydrogens (tertiary/aromatic N) is 1. The monoisotopic (exact) mass is 536 g/mol. The molecule has 0 aliphatic heterocycles. The second-order valence-electron chi connectivity index (χ2n) is 6.46. The summed E-state index contributed by atoms with van der Waals surface area (Å²) < 4.78 is 39.8. The van der Waals surface area contributed by atoms with Gasteiger partial charge in [-0.1, -0.05) is 30.3 Å². The van der Waals surface area contributed by atoms with E-state index in [2.05, 4.69) is 20.9 Å². The Kier molecular flexibility index (Phi) is 10.1. The highest BCUT2D eigenvalue weighted by molar-refractivity contribution is 14.0. The van der Waals surface area contributed by atoms with E-state index >= 15 is 0 Å². The van der Waals surface area contributed by atoms with Crippen molar-refractivity contribution < 1.29 is 23.1 Å². The van der Waals surface area contributed by atoms with Crippen LogP contribution in [0.3, 0.4) is 0 Å². The van der Waals surface area contributed by atoms with Crippen LogP contribution < -0.4 is 16.0 Å². The van der Waals surface area contributed by atoms with Crippen LogP contribution in [0.2, 0.25) is 0 Å². The summed E-state index contributed by atoms with van der Waals surface area (Å²) in [6, 6.07) is 10.7. The lowest BCUT2D eigenvalue weighted by Gasteiger charge is -2.25. The molecule has 1 atom stereocenters. The van der Waals surface area contributed by atoms with E-state index in [4.69, 9.17) is 0 Å². The summed E-state index contributed by atoms with van der Waals surface area (Å²) >= 11 is 0. The molecular formula is C20H24F3IN4O2. The van der Waals surface area contributed by atoms with E-state index in [1.54, 1.807) is 19.1 Å². The molecule has 0 spiro atoms. The largest absolute Gasteiger partial charge is 0.384 e. The Labute approximate surface area is 190 Å². The number of carbonyl (C=O) groups is 1. The SMILES string of the molecule is CCNC(=NCC(=O)Nc1ccc(F)c(F)c1F)NCC(C)(O)c1ccccc1.I. The van der Waals surface area contributed by atoms with Crippen molar-refractivity contribution in [3.8, 4) is 0 Å². The molecule has 0 aliphatic carbocycles. The van der Waals surface area contributed by atoms with Crippen LogP contribution in [0.1, 0.15) is 19.4 Å². The average Bonchev–Trinajstić information content (AvgIpc) is 2.71. The number of benzene rings is 2. The van der Waals surface area contributed by atoms with Gasteiger partial charge < -0.3 is 21.1 Å². The highest BCUT2D eigenvalue weighted by Crippen LogP contribution is 2.20. The van der Waals surface area contributed by atoms with Crippen LogP contribution in [0.15, 0.2) is 47.5 Å². The number of aliphatic hydroxyl groups is 1. The summed E-state index contributed by atoms with van der Waals surface area (Å²) in [6.45, 7) is 3.67. The molecule has 0 aromatic heterocycles. The molecule has 0 saturated carbocycles. The second kappa shape index (κ2) is 11.7. The number of halogens is 4. The summed E-state index contributed by atoms with van der Waals surface area (Å²) in [7, 11) is 0. The minimum absolute atomic E-state index is 0. The van der Waals surface area contributed by atoms with Crippen LogP contribution in [0, 0.1) is 17.5 Å². The zero-order chi connectivity index (χ0) is 21.4. The fraction of sp³-hybridized carbons (Fsp3) is 0.300. The molecule has 2 rings (SSSR count). The summed E-state index contributed by atoms with van der Waals surface area (Å²) in [5, 5.41) is 18.6. The van der Waals surface area contributed by atoms with Crippen LogP contribution >= 0.6 is 24.0 Å². The van der Waals surface area contributed by atoms with E-state index in [-0.39, 0.29) is 36.5 Å². The lowest BCUT2D eigenvalue weighted by Crippen LogP contribution is -2.44. The van der Waals surface area contributed by atoms with Crippen molar-refractivity contribution in [1.29, 1.82) is 0 Å². The highest BCUT2D eigenvalue weighted by Gasteiger charge is 2.23. The van der Waals surface area contributed by atoms with Crippen molar-refractivity contribution in [2.75, 3.05) is 25.0 Å². The molecule has 164 valence electrons. The van der Waals surface area contributed by atoms with Crippen LogP contribution in [0.25, 0.3) is 0 Å². The molecule has 1 unspecified atom stereocenters. The topological polar surface area (TPSA) is 85.8 Å². The van der Waals surface area contributed by atoms with Crippen molar-refractivity contribution in [3.63, 3.8) is 0 Å². The fourth-order valence-electron chi connectivity index (χ4n) is 2.46. The van der Waals surface area contributed by atoms with Crippen LogP contribution in [0.5, 0.6) is 0 Å². The molecule has 0 heterocycles. The Morgan fingerprint density at radius 1 is 1.07 bits per heavy atom. The van der Waals surface area contributed by atoms with Gasteiger partial charge in [-0.05, 0) is 31.5 Å². The number of anilines is 1. The summed E-state index contributed by atoms with van der Waals surface area (Å²) in [4.78, 5) is 16.0. The van der Waals surface area contributed by atoms with Crippen molar-refractivity contribution >= 4 is 41.5 Å². The van der Waals surface area contributed by atoms with Gasteiger partial charge in [-0.15, -0.1) is 24.0 Å². The number of carbonyl (C=O) groups excluding carboxylic acids is 1. The molecule has 0 radical (unpaired) electrons. The van der Waals surface area contributed by atoms with Crippen molar-refractivity contribution in [3.05, 3.63) is 65.5 Å². The Morgan fingerprint density at radius 3 is 2.37 bits per heavy atom. The quantitative estimate of drug-likeness (QED) is 0.190. The third-order valence-electron chi connectivity index (χ3n) is 4.03. The molecule has 0 fully saturated rings. The smallest absolute Gasteiger partial charge is 0.246 e. The zero-order valence-corrected chi connectivity index (χ0v) is 18.8. The van der Waals surface area contributed by atoms with Gasteiger partial charge in [0, 0.05) is 6.54 Å². The Balaban J connectivity index is 0.00000450. The lowest BCUT2D eigenvalue weighted by atomic mass is 9.96. The molecule has 2 aromatic carbocycles. The van der Waals surface area contributed by atoms with E-state index in [0.29, 0.717) is 18.2 Å². The Hall–Kier alpha value is -2.34. The number of rotatable bonds is 7. The molecule has 0 bridgehead atoms. The van der Waals surface area contributed by atoms with Crippen LogP contribution in [-0.4, -0.2) is 36.6 Å². The van der Waals surface area contributed by atoms with E-state index < -0.39 is 41.2 Å². The first kappa shape index (κ1) is 25.7. The minimum atomic E-state index is -1.66. The molecule has 0 saturated heterocycles. The number of guanidine groups is 1.